The first-order valence-electron chi connectivity index (χ1n) is 8.35. The molecule has 3 rings (SSSR count). The molecule has 134 valence electrons. The fraction of sp³-hybridized carbons (Fsp3) is 0.190. The van der Waals surface area contributed by atoms with Crippen LogP contribution in [0.15, 0.2) is 54.6 Å². The number of hydrogen-bond donors (Lipinski definition) is 0. The second-order valence-corrected chi connectivity index (χ2v) is 6.23. The fourth-order valence-electron chi connectivity index (χ4n) is 2.97. The molecule has 0 aliphatic rings. The lowest BCUT2D eigenvalue weighted by Crippen LogP contribution is -2.06. The van der Waals surface area contributed by atoms with Gasteiger partial charge in [0, 0.05) is 22.0 Å². The third-order valence-corrected chi connectivity index (χ3v) is 4.41. The van der Waals surface area contributed by atoms with Crippen LogP contribution in [0.1, 0.15) is 23.0 Å². The van der Waals surface area contributed by atoms with Crippen molar-refractivity contribution < 1.29 is 14.3 Å². The molecule has 0 amide bonds. The second-order valence-electron chi connectivity index (χ2n) is 5.80. The van der Waals surface area contributed by atoms with Gasteiger partial charge in [0.15, 0.2) is 0 Å². The monoisotopic (exact) mass is 369 g/mol. The van der Waals surface area contributed by atoms with Crippen LogP contribution in [0.3, 0.4) is 0 Å². The molecule has 0 saturated heterocycles. The molecule has 2 aromatic carbocycles. The summed E-state index contributed by atoms with van der Waals surface area (Å²) in [5, 5.41) is 0.630. The molecule has 1 heterocycles. The molecule has 3 aromatic rings. The van der Waals surface area contributed by atoms with E-state index < -0.39 is 0 Å². The van der Waals surface area contributed by atoms with E-state index in [2.05, 4.69) is 0 Å². The summed E-state index contributed by atoms with van der Waals surface area (Å²) in [5.41, 5.74) is 4.01. The summed E-state index contributed by atoms with van der Waals surface area (Å²) in [4.78, 5) is 12.4. The van der Waals surface area contributed by atoms with Crippen molar-refractivity contribution in [1.29, 1.82) is 0 Å². The zero-order valence-corrected chi connectivity index (χ0v) is 15.7. The average Bonchev–Trinajstić information content (AvgIpc) is 2.99. The topological polar surface area (TPSA) is 40.5 Å². The van der Waals surface area contributed by atoms with Crippen LogP contribution in [0.2, 0.25) is 5.02 Å². The Labute approximate surface area is 157 Å². The number of halogens is 1. The van der Waals surface area contributed by atoms with Gasteiger partial charge in [-0.2, -0.15) is 0 Å². The number of ether oxygens (including phenoxy) is 2. The molecule has 0 bridgehead atoms. The Balaban J connectivity index is 2.24. The van der Waals surface area contributed by atoms with Crippen molar-refractivity contribution in [3.8, 4) is 22.7 Å². The molecule has 0 fully saturated rings. The van der Waals surface area contributed by atoms with E-state index in [0.29, 0.717) is 17.2 Å². The maximum absolute atomic E-state index is 12.4. The normalized spacial score (nSPS) is 10.6. The number of esters is 1. The molecule has 0 aliphatic carbocycles. The Hall–Kier alpha value is -2.72. The molecule has 0 aliphatic heterocycles. The highest BCUT2D eigenvalue weighted by Gasteiger charge is 2.20. The van der Waals surface area contributed by atoms with Gasteiger partial charge in [-0.15, -0.1) is 0 Å². The molecule has 0 saturated carbocycles. The molecule has 0 atom stereocenters. The van der Waals surface area contributed by atoms with Gasteiger partial charge in [-0.1, -0.05) is 29.8 Å². The Kier molecular flexibility index (Phi) is 5.33. The Morgan fingerprint density at radius 1 is 1.12 bits per heavy atom. The first kappa shape index (κ1) is 18.1. The van der Waals surface area contributed by atoms with Gasteiger partial charge in [-0.3, -0.25) is 0 Å². The van der Waals surface area contributed by atoms with E-state index in [-0.39, 0.29) is 5.97 Å². The summed E-state index contributed by atoms with van der Waals surface area (Å²) in [6, 6.07) is 17.1. The van der Waals surface area contributed by atoms with E-state index in [1.54, 1.807) is 14.0 Å². The summed E-state index contributed by atoms with van der Waals surface area (Å²) >= 11 is 6.19. The van der Waals surface area contributed by atoms with E-state index in [1.807, 2.05) is 66.1 Å². The smallest absolute Gasteiger partial charge is 0.339 e. The third kappa shape index (κ3) is 3.46. The van der Waals surface area contributed by atoms with Crippen molar-refractivity contribution in [2.75, 3.05) is 13.7 Å². The van der Waals surface area contributed by atoms with Gasteiger partial charge in [0.2, 0.25) is 0 Å². The lowest BCUT2D eigenvalue weighted by Gasteiger charge is -2.13. The average molecular weight is 370 g/mol. The Bertz CT molecular complexity index is 946. The van der Waals surface area contributed by atoms with Crippen LogP contribution >= 0.6 is 11.6 Å². The Morgan fingerprint density at radius 3 is 2.58 bits per heavy atom. The van der Waals surface area contributed by atoms with Crippen LogP contribution in [0.4, 0.5) is 0 Å². The number of benzene rings is 2. The third-order valence-electron chi connectivity index (χ3n) is 4.17. The fourth-order valence-corrected chi connectivity index (χ4v) is 3.15. The molecular weight excluding hydrogens is 350 g/mol. The highest BCUT2D eigenvalue weighted by molar-refractivity contribution is 6.30. The van der Waals surface area contributed by atoms with Gasteiger partial charge < -0.3 is 14.0 Å². The van der Waals surface area contributed by atoms with E-state index in [0.717, 1.165) is 28.4 Å². The minimum atomic E-state index is -0.338. The first-order valence-corrected chi connectivity index (χ1v) is 8.72. The summed E-state index contributed by atoms with van der Waals surface area (Å²) < 4.78 is 12.6. The molecule has 0 spiro atoms. The van der Waals surface area contributed by atoms with Crippen LogP contribution in [-0.4, -0.2) is 24.3 Å². The van der Waals surface area contributed by atoms with Crippen molar-refractivity contribution in [2.24, 2.45) is 0 Å². The summed E-state index contributed by atoms with van der Waals surface area (Å²) in [6.07, 6.45) is 0. The van der Waals surface area contributed by atoms with Crippen molar-refractivity contribution in [3.63, 3.8) is 0 Å². The first-order chi connectivity index (χ1) is 12.5. The van der Waals surface area contributed by atoms with Crippen LogP contribution in [-0.2, 0) is 4.74 Å². The quantitative estimate of drug-likeness (QED) is 0.573. The largest absolute Gasteiger partial charge is 0.497 e. The predicted molar refractivity (Wildman–Crippen MR) is 103 cm³/mol. The molecule has 0 unspecified atom stereocenters. The van der Waals surface area contributed by atoms with Crippen molar-refractivity contribution in [3.05, 3.63) is 70.9 Å². The highest BCUT2D eigenvalue weighted by Crippen LogP contribution is 2.32. The number of hydrogen-bond acceptors (Lipinski definition) is 3. The second kappa shape index (κ2) is 7.67. The predicted octanol–water partition coefficient (Wildman–Crippen LogP) is 5.29. The maximum atomic E-state index is 12.4. The molecular formula is C21H20ClNO3. The van der Waals surface area contributed by atoms with Gasteiger partial charge in [0.1, 0.15) is 5.75 Å². The SMILES string of the molecule is CCOC(=O)c1cc(-c2cccc(OC)c2)n(-c2cccc(Cl)c2)c1C. The van der Waals surface area contributed by atoms with Crippen LogP contribution < -0.4 is 4.74 Å². The number of carbonyl (C=O) groups excluding carboxylic acids is 1. The maximum Gasteiger partial charge on any atom is 0.339 e. The van der Waals surface area contributed by atoms with Crippen molar-refractivity contribution >= 4 is 17.6 Å². The molecule has 1 aromatic heterocycles. The number of methoxy groups -OCH3 is 1. The number of nitrogens with zero attached hydrogens (tertiary/aromatic N) is 1. The van der Waals surface area contributed by atoms with Gasteiger partial charge >= 0.3 is 5.97 Å². The van der Waals surface area contributed by atoms with Crippen LogP contribution in [0.25, 0.3) is 16.9 Å². The zero-order valence-electron chi connectivity index (χ0n) is 15.0. The summed E-state index contributed by atoms with van der Waals surface area (Å²) in [6.45, 7) is 4.02. The molecule has 5 heteroatoms. The number of aromatic nitrogens is 1. The van der Waals surface area contributed by atoms with Crippen molar-refractivity contribution in [2.45, 2.75) is 13.8 Å². The number of rotatable bonds is 5. The van der Waals surface area contributed by atoms with Crippen molar-refractivity contribution in [1.82, 2.24) is 4.57 Å². The lowest BCUT2D eigenvalue weighted by atomic mass is 10.1. The van der Waals surface area contributed by atoms with Crippen LogP contribution in [0, 0.1) is 6.92 Å². The standard InChI is InChI=1S/C21H20ClNO3/c1-4-26-21(24)19-13-20(15-7-5-10-18(11-15)25-3)23(14(19)2)17-9-6-8-16(22)12-17/h5-13H,4H2,1-3H3. The Morgan fingerprint density at radius 2 is 1.88 bits per heavy atom. The van der Waals surface area contributed by atoms with E-state index >= 15 is 0 Å². The molecule has 0 N–H and O–H groups in total. The minimum Gasteiger partial charge on any atom is -0.497 e. The van der Waals surface area contributed by atoms with Gasteiger partial charge in [-0.25, -0.2) is 4.79 Å². The number of carbonyl (C=O) groups is 1. The van der Waals surface area contributed by atoms with E-state index in [1.165, 1.54) is 0 Å². The summed E-state index contributed by atoms with van der Waals surface area (Å²) in [7, 11) is 1.63. The van der Waals surface area contributed by atoms with E-state index in [9.17, 15) is 4.79 Å². The molecule has 26 heavy (non-hydrogen) atoms. The molecule has 0 radical (unpaired) electrons. The summed E-state index contributed by atoms with van der Waals surface area (Å²) in [5.74, 6) is 0.409. The lowest BCUT2D eigenvalue weighted by molar-refractivity contribution is 0.0525. The van der Waals surface area contributed by atoms with E-state index in [4.69, 9.17) is 21.1 Å². The van der Waals surface area contributed by atoms with Gasteiger partial charge in [0.05, 0.1) is 25.0 Å². The van der Waals surface area contributed by atoms with Gasteiger partial charge in [-0.05, 0) is 50.2 Å². The van der Waals surface area contributed by atoms with Crippen LogP contribution in [0.5, 0.6) is 5.75 Å². The highest BCUT2D eigenvalue weighted by atomic mass is 35.5. The molecule has 4 nitrogen and oxygen atoms in total. The minimum absolute atomic E-state index is 0.328. The zero-order chi connectivity index (χ0) is 18.7. The van der Waals surface area contributed by atoms with Gasteiger partial charge in [0.25, 0.3) is 0 Å².